The largest absolute Gasteiger partial charge is 0.388 e. The van der Waals surface area contributed by atoms with E-state index in [9.17, 15) is 9.50 Å². The molecule has 0 radical (unpaired) electrons. The van der Waals surface area contributed by atoms with E-state index in [1.54, 1.807) is 12.1 Å². The van der Waals surface area contributed by atoms with Crippen LogP contribution in [0.3, 0.4) is 0 Å². The molecule has 2 unspecified atom stereocenters. The number of aromatic nitrogens is 3. The fourth-order valence-corrected chi connectivity index (χ4v) is 3.69. The molecule has 0 aliphatic carbocycles. The molecule has 0 spiro atoms. The topological polar surface area (TPSA) is 54.2 Å². The van der Waals surface area contributed by atoms with Gasteiger partial charge in [0.2, 0.25) is 0 Å². The maximum atomic E-state index is 13.1. The maximum absolute atomic E-state index is 13.1. The van der Waals surface area contributed by atoms with Crippen molar-refractivity contribution >= 4 is 0 Å². The molecule has 1 fully saturated rings. The fraction of sp³-hybridized carbons (Fsp3) is 0.579. The van der Waals surface area contributed by atoms with Crippen LogP contribution in [-0.4, -0.2) is 37.4 Å². The first-order valence-electron chi connectivity index (χ1n) is 9.14. The fourth-order valence-electron chi connectivity index (χ4n) is 3.69. The van der Waals surface area contributed by atoms with Crippen molar-refractivity contribution in [1.82, 2.24) is 19.7 Å². The molecule has 136 valence electrons. The lowest BCUT2D eigenvalue weighted by Crippen LogP contribution is -2.31. The lowest BCUT2D eigenvalue weighted by molar-refractivity contribution is 0.116. The number of hydrogen-bond acceptors (Lipinski definition) is 4. The number of nitrogens with zero attached hydrogens (tertiary/aromatic N) is 4. The van der Waals surface area contributed by atoms with Gasteiger partial charge < -0.3 is 9.67 Å². The van der Waals surface area contributed by atoms with Crippen molar-refractivity contribution in [2.45, 2.75) is 64.8 Å². The molecule has 25 heavy (non-hydrogen) atoms. The van der Waals surface area contributed by atoms with Crippen LogP contribution in [0.25, 0.3) is 0 Å². The van der Waals surface area contributed by atoms with E-state index in [-0.39, 0.29) is 5.82 Å². The van der Waals surface area contributed by atoms with E-state index >= 15 is 0 Å². The average molecular weight is 346 g/mol. The summed E-state index contributed by atoms with van der Waals surface area (Å²) in [7, 11) is 0. The minimum absolute atomic E-state index is 0.274. The van der Waals surface area contributed by atoms with Crippen LogP contribution in [0.15, 0.2) is 24.3 Å². The highest BCUT2D eigenvalue weighted by Gasteiger charge is 2.28. The van der Waals surface area contributed by atoms with E-state index in [1.807, 2.05) is 6.92 Å². The van der Waals surface area contributed by atoms with Crippen molar-refractivity contribution in [3.63, 3.8) is 0 Å². The molecule has 2 atom stereocenters. The summed E-state index contributed by atoms with van der Waals surface area (Å²) in [5.41, 5.74) is 0.776. The van der Waals surface area contributed by atoms with Gasteiger partial charge in [0.1, 0.15) is 17.5 Å². The minimum atomic E-state index is -0.568. The van der Waals surface area contributed by atoms with E-state index in [1.165, 1.54) is 12.1 Å². The Morgan fingerprint density at radius 1 is 1.28 bits per heavy atom. The van der Waals surface area contributed by atoms with Gasteiger partial charge >= 0.3 is 0 Å². The Labute approximate surface area is 148 Å². The number of aliphatic hydroxyl groups is 1. The van der Waals surface area contributed by atoms with E-state index in [4.69, 9.17) is 0 Å². The van der Waals surface area contributed by atoms with Gasteiger partial charge in [0.25, 0.3) is 0 Å². The number of aliphatic hydroxyl groups excluding tert-OH is 1. The third kappa shape index (κ3) is 4.25. The van der Waals surface area contributed by atoms with Crippen LogP contribution >= 0.6 is 0 Å². The van der Waals surface area contributed by atoms with Gasteiger partial charge in [-0.15, -0.1) is 10.2 Å². The molecule has 1 aromatic heterocycles. The Bertz CT molecular complexity index is 685. The summed E-state index contributed by atoms with van der Waals surface area (Å²) in [6.45, 7) is 6.86. The Hall–Kier alpha value is -1.79. The molecule has 6 heteroatoms. The summed E-state index contributed by atoms with van der Waals surface area (Å²) in [5, 5.41) is 19.1. The standard InChI is InChI=1S/C19H27FN4O/c1-3-10-24-14(2)21-22-19(24)13-23-11-4-5-17(23)12-18(25)15-6-8-16(20)9-7-15/h6-9,17-18,25H,3-5,10-13H2,1-2H3. The smallest absolute Gasteiger partial charge is 0.147 e. The van der Waals surface area contributed by atoms with Crippen LogP contribution in [0.1, 0.15) is 55.9 Å². The third-order valence-corrected chi connectivity index (χ3v) is 5.05. The predicted molar refractivity (Wildman–Crippen MR) is 94.5 cm³/mol. The van der Waals surface area contributed by atoms with Crippen LogP contribution in [0.2, 0.25) is 0 Å². The van der Waals surface area contributed by atoms with Gasteiger partial charge in [0, 0.05) is 12.6 Å². The van der Waals surface area contributed by atoms with Gasteiger partial charge in [-0.2, -0.15) is 0 Å². The van der Waals surface area contributed by atoms with Crippen molar-refractivity contribution in [3.8, 4) is 0 Å². The van der Waals surface area contributed by atoms with Crippen LogP contribution in [0.4, 0.5) is 4.39 Å². The summed E-state index contributed by atoms with van der Waals surface area (Å²) in [4.78, 5) is 2.39. The molecule has 3 rings (SSSR count). The summed E-state index contributed by atoms with van der Waals surface area (Å²) in [5.74, 6) is 1.69. The van der Waals surface area contributed by atoms with Gasteiger partial charge in [0.05, 0.1) is 12.6 Å². The van der Waals surface area contributed by atoms with Crippen LogP contribution < -0.4 is 0 Å². The molecule has 2 aromatic rings. The molecule has 1 saturated heterocycles. The summed E-state index contributed by atoms with van der Waals surface area (Å²) in [6, 6.07) is 6.45. The molecular weight excluding hydrogens is 319 g/mol. The highest BCUT2D eigenvalue weighted by atomic mass is 19.1. The van der Waals surface area contributed by atoms with Crippen molar-refractivity contribution in [2.75, 3.05) is 6.54 Å². The number of benzene rings is 1. The minimum Gasteiger partial charge on any atom is -0.388 e. The van der Waals surface area contributed by atoms with Crippen molar-refractivity contribution in [3.05, 3.63) is 47.3 Å². The Morgan fingerprint density at radius 3 is 2.76 bits per heavy atom. The molecule has 1 aromatic carbocycles. The zero-order valence-corrected chi connectivity index (χ0v) is 15.0. The summed E-state index contributed by atoms with van der Waals surface area (Å²) in [6.07, 6.45) is 3.34. The first-order valence-corrected chi connectivity index (χ1v) is 9.14. The molecule has 0 amide bonds. The van der Waals surface area contributed by atoms with Crippen molar-refractivity contribution < 1.29 is 9.50 Å². The van der Waals surface area contributed by atoms with E-state index < -0.39 is 6.10 Å². The number of halogens is 1. The van der Waals surface area contributed by atoms with E-state index in [0.717, 1.165) is 56.1 Å². The van der Waals surface area contributed by atoms with Crippen molar-refractivity contribution in [2.24, 2.45) is 0 Å². The van der Waals surface area contributed by atoms with Gasteiger partial charge in [0.15, 0.2) is 0 Å². The highest BCUT2D eigenvalue weighted by molar-refractivity contribution is 5.18. The van der Waals surface area contributed by atoms with Crippen LogP contribution in [0, 0.1) is 12.7 Å². The summed E-state index contributed by atoms with van der Waals surface area (Å²) < 4.78 is 15.2. The normalized spacial score (nSPS) is 19.4. The van der Waals surface area contributed by atoms with Gasteiger partial charge in [-0.25, -0.2) is 4.39 Å². The highest BCUT2D eigenvalue weighted by Crippen LogP contribution is 2.28. The molecular formula is C19H27FN4O. The maximum Gasteiger partial charge on any atom is 0.147 e. The lowest BCUT2D eigenvalue weighted by Gasteiger charge is -2.26. The lowest BCUT2D eigenvalue weighted by atomic mass is 10.0. The average Bonchev–Trinajstić information content (AvgIpc) is 3.17. The van der Waals surface area contributed by atoms with Crippen LogP contribution in [0.5, 0.6) is 0 Å². The third-order valence-electron chi connectivity index (χ3n) is 5.05. The van der Waals surface area contributed by atoms with Crippen LogP contribution in [-0.2, 0) is 13.1 Å². The van der Waals surface area contributed by atoms with E-state index in [2.05, 4.69) is 26.6 Å². The van der Waals surface area contributed by atoms with Gasteiger partial charge in [-0.1, -0.05) is 19.1 Å². The molecule has 0 bridgehead atoms. The number of aryl methyl sites for hydroxylation is 1. The second kappa shape index (κ2) is 8.06. The molecule has 1 aliphatic rings. The quantitative estimate of drug-likeness (QED) is 0.836. The van der Waals surface area contributed by atoms with E-state index in [0.29, 0.717) is 12.5 Å². The molecule has 0 saturated carbocycles. The zero-order valence-electron chi connectivity index (χ0n) is 15.0. The zero-order chi connectivity index (χ0) is 17.8. The summed E-state index contributed by atoms with van der Waals surface area (Å²) >= 11 is 0. The first kappa shape index (κ1) is 18.0. The second-order valence-electron chi connectivity index (χ2n) is 6.88. The van der Waals surface area contributed by atoms with Gasteiger partial charge in [-0.05, 0) is 56.8 Å². The number of rotatable bonds is 7. The predicted octanol–water partition coefficient (Wildman–Crippen LogP) is 3.22. The monoisotopic (exact) mass is 346 g/mol. The van der Waals surface area contributed by atoms with Gasteiger partial charge in [-0.3, -0.25) is 4.90 Å². The Kier molecular flexibility index (Phi) is 5.81. The molecule has 5 nitrogen and oxygen atoms in total. The number of hydrogen-bond donors (Lipinski definition) is 1. The Balaban J connectivity index is 1.65. The Morgan fingerprint density at radius 2 is 2.04 bits per heavy atom. The SMILES string of the molecule is CCCn1c(C)nnc1CN1CCCC1CC(O)c1ccc(F)cc1. The molecule has 2 heterocycles. The number of likely N-dealkylation sites (tertiary alicyclic amines) is 1. The molecule has 1 aliphatic heterocycles. The molecule has 1 N–H and O–H groups in total. The first-order chi connectivity index (χ1) is 12.1. The second-order valence-corrected chi connectivity index (χ2v) is 6.88. The van der Waals surface area contributed by atoms with Crippen molar-refractivity contribution in [1.29, 1.82) is 0 Å².